The van der Waals surface area contributed by atoms with Gasteiger partial charge in [0, 0.05) is 25.8 Å². The van der Waals surface area contributed by atoms with Gasteiger partial charge in [-0.15, -0.1) is 0 Å². The van der Waals surface area contributed by atoms with E-state index in [0.717, 1.165) is 25.7 Å². The zero-order valence-corrected chi connectivity index (χ0v) is 18.5. The minimum absolute atomic E-state index is 0.142. The molecular weight excluding hydrogens is 370 g/mol. The SMILES string of the molecule is CCOC(=O)CCCCCCC(NCCC(=O)CC1CCCCC1)C(=O)OCC. The van der Waals surface area contributed by atoms with Crippen molar-refractivity contribution in [1.29, 1.82) is 0 Å². The third kappa shape index (κ3) is 12.7. The van der Waals surface area contributed by atoms with Gasteiger partial charge in [0.25, 0.3) is 0 Å². The topological polar surface area (TPSA) is 81.7 Å². The molecule has 0 spiro atoms. The summed E-state index contributed by atoms with van der Waals surface area (Å²) in [4.78, 5) is 35.7. The van der Waals surface area contributed by atoms with E-state index in [-0.39, 0.29) is 18.0 Å². The van der Waals surface area contributed by atoms with Gasteiger partial charge < -0.3 is 14.8 Å². The number of carbonyl (C=O) groups is 3. The molecule has 168 valence electrons. The summed E-state index contributed by atoms with van der Waals surface area (Å²) in [6, 6.07) is -0.359. The summed E-state index contributed by atoms with van der Waals surface area (Å²) in [5.74, 6) is 0.480. The van der Waals surface area contributed by atoms with Crippen LogP contribution in [0, 0.1) is 5.92 Å². The molecule has 0 bridgehead atoms. The van der Waals surface area contributed by atoms with Gasteiger partial charge in [-0.2, -0.15) is 0 Å². The lowest BCUT2D eigenvalue weighted by atomic mass is 9.85. The molecule has 0 saturated heterocycles. The zero-order valence-electron chi connectivity index (χ0n) is 18.5. The maximum Gasteiger partial charge on any atom is 0.323 e. The number of esters is 2. The lowest BCUT2D eigenvalue weighted by Gasteiger charge is -2.21. The first-order chi connectivity index (χ1) is 14.1. The summed E-state index contributed by atoms with van der Waals surface area (Å²) in [6.45, 7) is 4.92. The third-order valence-electron chi connectivity index (χ3n) is 5.54. The third-order valence-corrected chi connectivity index (χ3v) is 5.54. The summed E-state index contributed by atoms with van der Waals surface area (Å²) in [5, 5.41) is 3.23. The van der Waals surface area contributed by atoms with Crippen LogP contribution in [0.15, 0.2) is 0 Å². The van der Waals surface area contributed by atoms with Crippen molar-refractivity contribution < 1.29 is 23.9 Å². The summed E-state index contributed by atoms with van der Waals surface area (Å²) < 4.78 is 10.1. The Kier molecular flexibility index (Phi) is 14.5. The van der Waals surface area contributed by atoms with Gasteiger partial charge in [0.15, 0.2) is 0 Å². The van der Waals surface area contributed by atoms with Crippen LogP contribution in [0.3, 0.4) is 0 Å². The smallest absolute Gasteiger partial charge is 0.323 e. The average Bonchev–Trinajstić information content (AvgIpc) is 2.70. The number of ketones is 1. The van der Waals surface area contributed by atoms with E-state index in [4.69, 9.17) is 9.47 Å². The molecule has 0 aromatic heterocycles. The molecule has 6 nitrogen and oxygen atoms in total. The van der Waals surface area contributed by atoms with Crippen LogP contribution in [0.5, 0.6) is 0 Å². The van der Waals surface area contributed by atoms with E-state index in [1.54, 1.807) is 6.92 Å². The van der Waals surface area contributed by atoms with Crippen molar-refractivity contribution in [3.8, 4) is 0 Å². The fourth-order valence-corrected chi connectivity index (χ4v) is 3.95. The van der Waals surface area contributed by atoms with Gasteiger partial charge in [0.1, 0.15) is 11.8 Å². The Labute approximate surface area is 176 Å². The first-order valence-corrected chi connectivity index (χ1v) is 11.6. The van der Waals surface area contributed by atoms with Crippen LogP contribution < -0.4 is 5.32 Å². The van der Waals surface area contributed by atoms with Gasteiger partial charge in [-0.3, -0.25) is 14.4 Å². The van der Waals surface area contributed by atoms with Crippen LogP contribution in [0.4, 0.5) is 0 Å². The summed E-state index contributed by atoms with van der Waals surface area (Å²) in [7, 11) is 0. The van der Waals surface area contributed by atoms with Crippen LogP contribution >= 0.6 is 0 Å². The molecule has 0 heterocycles. The Morgan fingerprint density at radius 2 is 1.59 bits per heavy atom. The highest BCUT2D eigenvalue weighted by Gasteiger charge is 2.20. The lowest BCUT2D eigenvalue weighted by Crippen LogP contribution is -2.39. The van der Waals surface area contributed by atoms with Gasteiger partial charge in [0.05, 0.1) is 13.2 Å². The summed E-state index contributed by atoms with van der Waals surface area (Å²) >= 11 is 0. The molecule has 0 radical (unpaired) electrons. The van der Waals surface area contributed by atoms with Crippen molar-refractivity contribution in [1.82, 2.24) is 5.32 Å². The normalized spacial score (nSPS) is 15.7. The molecule has 1 fully saturated rings. The first-order valence-electron chi connectivity index (χ1n) is 11.6. The predicted octanol–water partition coefficient (Wildman–Crippen LogP) is 4.34. The molecule has 1 unspecified atom stereocenters. The summed E-state index contributed by atoms with van der Waals surface area (Å²) in [6.07, 6.45) is 12.1. The second-order valence-corrected chi connectivity index (χ2v) is 8.01. The maximum atomic E-state index is 12.2. The predicted molar refractivity (Wildman–Crippen MR) is 114 cm³/mol. The molecule has 1 atom stereocenters. The van der Waals surface area contributed by atoms with Crippen LogP contribution in [-0.4, -0.2) is 43.5 Å². The monoisotopic (exact) mass is 411 g/mol. The van der Waals surface area contributed by atoms with Crippen molar-refractivity contribution in [2.45, 2.75) is 103 Å². The van der Waals surface area contributed by atoms with Gasteiger partial charge in [0.2, 0.25) is 0 Å². The van der Waals surface area contributed by atoms with Crippen LogP contribution in [0.1, 0.15) is 97.3 Å². The number of unbranched alkanes of at least 4 members (excludes halogenated alkanes) is 3. The summed E-state index contributed by atoms with van der Waals surface area (Å²) in [5.41, 5.74) is 0. The van der Waals surface area contributed by atoms with E-state index in [2.05, 4.69) is 5.32 Å². The van der Waals surface area contributed by atoms with Crippen LogP contribution in [0.25, 0.3) is 0 Å². The van der Waals surface area contributed by atoms with E-state index in [0.29, 0.717) is 57.1 Å². The molecule has 0 aromatic rings. The number of hydrogen-bond donors (Lipinski definition) is 1. The standard InChI is InChI=1S/C23H41NO5/c1-3-28-22(26)15-11-6-5-10-14-21(23(27)29-4-2)24-17-16-20(25)18-19-12-8-7-9-13-19/h19,21,24H,3-18H2,1-2H3. The zero-order chi connectivity index (χ0) is 21.3. The van der Waals surface area contributed by atoms with Gasteiger partial charge in [-0.25, -0.2) is 0 Å². The van der Waals surface area contributed by atoms with E-state index in [1.165, 1.54) is 32.1 Å². The molecule has 29 heavy (non-hydrogen) atoms. The van der Waals surface area contributed by atoms with Crippen molar-refractivity contribution in [2.24, 2.45) is 5.92 Å². The molecule has 0 aliphatic heterocycles. The Morgan fingerprint density at radius 1 is 0.897 bits per heavy atom. The number of nitrogens with one attached hydrogen (secondary N) is 1. The second-order valence-electron chi connectivity index (χ2n) is 8.01. The number of hydrogen-bond acceptors (Lipinski definition) is 6. The fourth-order valence-electron chi connectivity index (χ4n) is 3.95. The minimum Gasteiger partial charge on any atom is -0.466 e. The Bertz CT molecular complexity index is 474. The minimum atomic E-state index is -0.359. The van der Waals surface area contributed by atoms with Crippen molar-refractivity contribution in [3.63, 3.8) is 0 Å². The molecule has 1 aliphatic rings. The van der Waals surface area contributed by atoms with E-state index in [1.807, 2.05) is 6.92 Å². The Hall–Kier alpha value is -1.43. The molecule has 0 amide bonds. The molecule has 6 heteroatoms. The van der Waals surface area contributed by atoms with E-state index in [9.17, 15) is 14.4 Å². The molecule has 1 N–H and O–H groups in total. The van der Waals surface area contributed by atoms with Crippen molar-refractivity contribution >= 4 is 17.7 Å². The van der Waals surface area contributed by atoms with Gasteiger partial charge in [-0.05, 0) is 32.6 Å². The molecule has 1 rings (SSSR count). The fraction of sp³-hybridized carbons (Fsp3) is 0.870. The number of carbonyl (C=O) groups excluding carboxylic acids is 3. The largest absolute Gasteiger partial charge is 0.466 e. The Balaban J connectivity index is 2.22. The lowest BCUT2D eigenvalue weighted by molar-refractivity contribution is -0.146. The molecular formula is C23H41NO5. The van der Waals surface area contributed by atoms with Crippen LogP contribution in [-0.2, 0) is 23.9 Å². The first kappa shape index (κ1) is 25.6. The molecule has 1 saturated carbocycles. The van der Waals surface area contributed by atoms with Gasteiger partial charge in [-0.1, -0.05) is 51.4 Å². The molecule has 0 aromatic carbocycles. The van der Waals surface area contributed by atoms with E-state index < -0.39 is 0 Å². The van der Waals surface area contributed by atoms with Crippen LogP contribution in [0.2, 0.25) is 0 Å². The van der Waals surface area contributed by atoms with Crippen molar-refractivity contribution in [3.05, 3.63) is 0 Å². The number of Topliss-reactive ketones (excluding diaryl/α,β-unsaturated/α-hetero) is 1. The van der Waals surface area contributed by atoms with E-state index >= 15 is 0 Å². The quantitative estimate of drug-likeness (QED) is 0.300. The highest BCUT2D eigenvalue weighted by molar-refractivity contribution is 5.79. The van der Waals surface area contributed by atoms with Crippen molar-refractivity contribution in [2.75, 3.05) is 19.8 Å². The maximum absolute atomic E-state index is 12.2. The highest BCUT2D eigenvalue weighted by Crippen LogP contribution is 2.26. The highest BCUT2D eigenvalue weighted by atomic mass is 16.5. The number of rotatable bonds is 16. The van der Waals surface area contributed by atoms with Gasteiger partial charge >= 0.3 is 11.9 Å². The Morgan fingerprint density at radius 3 is 2.28 bits per heavy atom. The molecule has 1 aliphatic carbocycles. The second kappa shape index (κ2) is 16.4. The number of ether oxygens (including phenoxy) is 2. The average molecular weight is 412 g/mol.